The number of amidine groups is 1. The van der Waals surface area contributed by atoms with E-state index in [1.165, 1.54) is 18.7 Å². The first-order valence-corrected chi connectivity index (χ1v) is 13.2. The number of nitrogens with one attached hydrogen (secondary N) is 1. The fraction of sp³-hybridized carbons (Fsp3) is 0.318. The van der Waals surface area contributed by atoms with Crippen molar-refractivity contribution < 1.29 is 18.0 Å². The molecule has 0 spiro atoms. The predicted molar refractivity (Wildman–Crippen MR) is 130 cm³/mol. The van der Waals surface area contributed by atoms with Crippen LogP contribution in [0.3, 0.4) is 0 Å². The summed E-state index contributed by atoms with van der Waals surface area (Å²) in [5.74, 6) is -0.226. The Balaban J connectivity index is 1.54. The number of halogens is 1. The lowest BCUT2D eigenvalue weighted by Gasteiger charge is -2.26. The Bertz CT molecular complexity index is 1230. The average Bonchev–Trinajstić information content (AvgIpc) is 3.21. The maximum atomic E-state index is 12.6. The van der Waals surface area contributed by atoms with Crippen molar-refractivity contribution in [2.75, 3.05) is 27.5 Å². The van der Waals surface area contributed by atoms with Crippen molar-refractivity contribution in [2.24, 2.45) is 4.99 Å². The van der Waals surface area contributed by atoms with Crippen molar-refractivity contribution in [3.05, 3.63) is 58.6 Å². The van der Waals surface area contributed by atoms with Gasteiger partial charge in [-0.05, 0) is 43.7 Å². The maximum absolute atomic E-state index is 12.6. The summed E-state index contributed by atoms with van der Waals surface area (Å²) in [6.07, 6.45) is 0. The topological polar surface area (TPSA) is 95.9 Å². The molecule has 32 heavy (non-hydrogen) atoms. The minimum atomic E-state index is -3.19. The van der Waals surface area contributed by atoms with Gasteiger partial charge in [-0.2, -0.15) is 0 Å². The Morgan fingerprint density at radius 3 is 2.72 bits per heavy atom. The van der Waals surface area contributed by atoms with Crippen LogP contribution in [0.25, 0.3) is 0 Å². The standard InChI is InChI=1S/C22H22ClN3O4S2/c1-13-17(23)7-4-8-18(13)24-21(28)10-31-22-25-19-11-32(29,30)12-20(19)26(22)16-6-3-5-15(9-16)14(2)27/h3-9,19-20H,10-12H2,1-2H3,(H,24,28)/t19-,20+/m1/s1. The number of carbonyl (C=O) groups is 2. The predicted octanol–water partition coefficient (Wildman–Crippen LogP) is 3.56. The molecule has 0 aliphatic carbocycles. The molecule has 2 atom stereocenters. The number of rotatable bonds is 5. The lowest BCUT2D eigenvalue weighted by molar-refractivity contribution is -0.113. The van der Waals surface area contributed by atoms with Gasteiger partial charge in [0, 0.05) is 22.0 Å². The fourth-order valence-corrected chi connectivity index (χ4v) is 6.81. The van der Waals surface area contributed by atoms with E-state index in [4.69, 9.17) is 11.6 Å². The minimum Gasteiger partial charge on any atom is -0.325 e. The molecule has 0 aromatic heterocycles. The van der Waals surface area contributed by atoms with Crippen molar-refractivity contribution in [3.8, 4) is 0 Å². The van der Waals surface area contributed by atoms with Crippen LogP contribution in [0.4, 0.5) is 11.4 Å². The minimum absolute atomic E-state index is 0.0105. The van der Waals surface area contributed by atoms with E-state index in [0.717, 1.165) is 5.56 Å². The zero-order valence-electron chi connectivity index (χ0n) is 17.5. The molecule has 7 nitrogen and oxygen atoms in total. The molecule has 10 heteroatoms. The smallest absolute Gasteiger partial charge is 0.234 e. The number of fused-ring (bicyclic) bond motifs is 1. The quantitative estimate of drug-likeness (QED) is 0.642. The van der Waals surface area contributed by atoms with E-state index in [1.54, 1.807) is 36.4 Å². The van der Waals surface area contributed by atoms with Crippen LogP contribution in [0.15, 0.2) is 47.5 Å². The van der Waals surface area contributed by atoms with E-state index in [0.29, 0.717) is 27.1 Å². The number of sulfone groups is 1. The lowest BCUT2D eigenvalue weighted by Crippen LogP contribution is -2.39. The van der Waals surface area contributed by atoms with Gasteiger partial charge in [0.25, 0.3) is 0 Å². The highest BCUT2D eigenvalue weighted by molar-refractivity contribution is 8.14. The van der Waals surface area contributed by atoms with Gasteiger partial charge in [0.1, 0.15) is 0 Å². The molecular weight excluding hydrogens is 470 g/mol. The van der Waals surface area contributed by atoms with Gasteiger partial charge in [-0.1, -0.05) is 41.6 Å². The highest BCUT2D eigenvalue weighted by Gasteiger charge is 2.47. The molecule has 2 heterocycles. The summed E-state index contributed by atoms with van der Waals surface area (Å²) in [6, 6.07) is 11.6. The maximum Gasteiger partial charge on any atom is 0.234 e. The lowest BCUT2D eigenvalue weighted by atomic mass is 10.1. The van der Waals surface area contributed by atoms with Gasteiger partial charge in [-0.3, -0.25) is 14.6 Å². The van der Waals surface area contributed by atoms with Crippen molar-refractivity contribution in [1.82, 2.24) is 0 Å². The number of hydrogen-bond acceptors (Lipinski definition) is 7. The van der Waals surface area contributed by atoms with Crippen LogP contribution in [-0.2, 0) is 14.6 Å². The Morgan fingerprint density at radius 2 is 1.97 bits per heavy atom. The van der Waals surface area contributed by atoms with Gasteiger partial charge in [-0.25, -0.2) is 8.42 Å². The molecule has 1 amide bonds. The summed E-state index contributed by atoms with van der Waals surface area (Å²) in [5, 5.41) is 4.01. The summed E-state index contributed by atoms with van der Waals surface area (Å²) in [4.78, 5) is 30.9. The second-order valence-electron chi connectivity index (χ2n) is 7.85. The van der Waals surface area contributed by atoms with Crippen molar-refractivity contribution >= 4 is 61.4 Å². The average molecular weight is 492 g/mol. The number of carbonyl (C=O) groups excluding carboxylic acids is 2. The number of ketones is 1. The first-order valence-electron chi connectivity index (χ1n) is 10.0. The molecule has 1 fully saturated rings. The van der Waals surface area contributed by atoms with E-state index in [9.17, 15) is 18.0 Å². The van der Waals surface area contributed by atoms with Crippen LogP contribution in [0.2, 0.25) is 5.02 Å². The molecule has 168 valence electrons. The Kier molecular flexibility index (Phi) is 6.33. The molecule has 2 aromatic carbocycles. The van der Waals surface area contributed by atoms with Crippen LogP contribution in [0.5, 0.6) is 0 Å². The van der Waals surface area contributed by atoms with Crippen molar-refractivity contribution in [1.29, 1.82) is 0 Å². The Hall–Kier alpha value is -2.36. The molecule has 4 rings (SSSR count). The molecule has 0 saturated carbocycles. The van der Waals surface area contributed by atoms with Crippen molar-refractivity contribution in [2.45, 2.75) is 25.9 Å². The van der Waals surface area contributed by atoms with Crippen LogP contribution in [0, 0.1) is 6.92 Å². The van der Waals surface area contributed by atoms with Gasteiger partial charge < -0.3 is 10.2 Å². The number of hydrogen-bond donors (Lipinski definition) is 1. The van der Waals surface area contributed by atoms with E-state index in [1.807, 2.05) is 17.9 Å². The van der Waals surface area contributed by atoms with Gasteiger partial charge in [0.15, 0.2) is 20.8 Å². The normalized spacial score (nSPS) is 21.2. The highest BCUT2D eigenvalue weighted by Crippen LogP contribution is 2.35. The number of anilines is 2. The summed E-state index contributed by atoms with van der Waals surface area (Å²) < 4.78 is 24.4. The molecule has 0 bridgehead atoms. The molecule has 2 aliphatic heterocycles. The van der Waals surface area contributed by atoms with Gasteiger partial charge >= 0.3 is 0 Å². The number of thioether (sulfide) groups is 1. The molecule has 0 unspecified atom stereocenters. The first kappa shape index (κ1) is 22.8. The molecule has 1 N–H and O–H groups in total. The van der Waals surface area contributed by atoms with Crippen LogP contribution < -0.4 is 10.2 Å². The SMILES string of the molecule is CC(=O)c1cccc(N2C(SCC(=O)Nc3cccc(Cl)c3C)=N[C@@H]3CS(=O)(=O)C[C@@H]32)c1. The summed E-state index contributed by atoms with van der Waals surface area (Å²) >= 11 is 7.37. The third-order valence-electron chi connectivity index (χ3n) is 5.51. The van der Waals surface area contributed by atoms with E-state index >= 15 is 0 Å². The molecular formula is C22H22ClN3O4S2. The largest absolute Gasteiger partial charge is 0.325 e. The van der Waals surface area contributed by atoms with Gasteiger partial charge in [0.2, 0.25) is 5.91 Å². The van der Waals surface area contributed by atoms with Gasteiger partial charge in [-0.15, -0.1) is 0 Å². The zero-order chi connectivity index (χ0) is 23.0. The second-order valence-corrected chi connectivity index (χ2v) is 11.4. The summed E-state index contributed by atoms with van der Waals surface area (Å²) in [5.41, 5.74) is 2.66. The van der Waals surface area contributed by atoms with Gasteiger partial charge in [0.05, 0.1) is 29.3 Å². The zero-order valence-corrected chi connectivity index (χ0v) is 19.9. The number of amides is 1. The van der Waals surface area contributed by atoms with Crippen molar-refractivity contribution in [3.63, 3.8) is 0 Å². The third-order valence-corrected chi connectivity index (χ3v) is 8.59. The van der Waals surface area contributed by atoms with E-state index in [-0.39, 0.29) is 41.0 Å². The number of Topliss-reactive ketones (excluding diaryl/α,β-unsaturated/α-hetero) is 1. The van der Waals surface area contributed by atoms with Crippen LogP contribution in [0.1, 0.15) is 22.8 Å². The first-order chi connectivity index (χ1) is 15.1. The second kappa shape index (κ2) is 8.88. The Morgan fingerprint density at radius 1 is 1.22 bits per heavy atom. The van der Waals surface area contributed by atoms with E-state index < -0.39 is 9.84 Å². The van der Waals surface area contributed by atoms with Crippen LogP contribution in [-0.4, -0.2) is 54.6 Å². The summed E-state index contributed by atoms with van der Waals surface area (Å²) in [7, 11) is -3.19. The third kappa shape index (κ3) is 4.69. The van der Waals surface area contributed by atoms with E-state index in [2.05, 4.69) is 10.3 Å². The molecule has 1 saturated heterocycles. The summed E-state index contributed by atoms with van der Waals surface area (Å²) in [6.45, 7) is 3.31. The highest BCUT2D eigenvalue weighted by atomic mass is 35.5. The fourth-order valence-electron chi connectivity index (χ4n) is 3.87. The number of aliphatic imine (C=N–C) groups is 1. The molecule has 0 radical (unpaired) electrons. The van der Waals surface area contributed by atoms with Crippen LogP contribution >= 0.6 is 23.4 Å². The monoisotopic (exact) mass is 491 g/mol. The number of benzene rings is 2. The molecule has 2 aliphatic rings. The molecule has 2 aromatic rings. The number of nitrogens with zero attached hydrogens (tertiary/aromatic N) is 2. The Labute approximate surface area is 196 Å².